The highest BCUT2D eigenvalue weighted by Gasteiger charge is 2.49. The molecule has 0 saturated carbocycles. The average Bonchev–Trinajstić information content (AvgIpc) is 3.25. The number of aromatic nitrogens is 4. The zero-order valence-electron chi connectivity index (χ0n) is 17.8. The molecule has 0 radical (unpaired) electrons. The van der Waals surface area contributed by atoms with Gasteiger partial charge in [0.2, 0.25) is 15.6 Å². The Labute approximate surface area is 190 Å². The molecule has 1 aliphatic heterocycles. The number of hydrogen-bond acceptors (Lipinski definition) is 6. The summed E-state index contributed by atoms with van der Waals surface area (Å²) in [5.74, 6) is 0. The van der Waals surface area contributed by atoms with E-state index in [0.717, 1.165) is 27.6 Å². The van der Waals surface area contributed by atoms with Crippen LogP contribution in [-0.4, -0.2) is 51.8 Å². The lowest BCUT2D eigenvalue weighted by Gasteiger charge is -2.47. The van der Waals surface area contributed by atoms with Crippen molar-refractivity contribution >= 4 is 20.9 Å². The van der Waals surface area contributed by atoms with Crippen LogP contribution in [0.25, 0.3) is 33.3 Å². The first-order valence-corrected chi connectivity index (χ1v) is 12.1. The van der Waals surface area contributed by atoms with Crippen LogP contribution in [0.5, 0.6) is 0 Å². The molecule has 1 saturated heterocycles. The van der Waals surface area contributed by atoms with E-state index < -0.39 is 15.6 Å². The van der Waals surface area contributed by atoms with Crippen molar-refractivity contribution in [2.24, 2.45) is 0 Å². The molecule has 0 unspecified atom stereocenters. The number of hydrogen-bond donors (Lipinski definition) is 1. The Balaban J connectivity index is 1.60. The van der Waals surface area contributed by atoms with Gasteiger partial charge in [-0.2, -0.15) is 14.7 Å². The van der Waals surface area contributed by atoms with Crippen molar-refractivity contribution in [1.29, 1.82) is 5.26 Å². The van der Waals surface area contributed by atoms with Gasteiger partial charge in [-0.05, 0) is 41.5 Å². The predicted molar refractivity (Wildman–Crippen MR) is 124 cm³/mol. The molecule has 0 bridgehead atoms. The third-order valence-electron chi connectivity index (χ3n) is 6.01. The summed E-state index contributed by atoms with van der Waals surface area (Å²) in [6, 6.07) is 15.0. The molecule has 4 aromatic rings. The van der Waals surface area contributed by atoms with Crippen LogP contribution in [-0.2, 0) is 15.6 Å². The van der Waals surface area contributed by atoms with Gasteiger partial charge in [0.15, 0.2) is 0 Å². The molecule has 4 heterocycles. The van der Waals surface area contributed by atoms with Crippen molar-refractivity contribution in [2.75, 3.05) is 19.3 Å². The van der Waals surface area contributed by atoms with Gasteiger partial charge in [0.1, 0.15) is 5.54 Å². The molecule has 3 aromatic heterocycles. The smallest absolute Gasteiger partial charge is 0.247 e. The SMILES string of the molecule is CS(=O)(=O)N1CC(CC#N)(n2ccc(-c3cc(-c4ccc(=O)[nH]c4)cc4ncccc34)n2)C1. The minimum atomic E-state index is -3.33. The third kappa shape index (κ3) is 3.71. The van der Waals surface area contributed by atoms with Crippen LogP contribution in [0.15, 0.2) is 65.8 Å². The van der Waals surface area contributed by atoms with Crippen LogP contribution in [0.3, 0.4) is 0 Å². The fourth-order valence-electron chi connectivity index (χ4n) is 4.21. The Morgan fingerprint density at radius 1 is 1.18 bits per heavy atom. The van der Waals surface area contributed by atoms with Gasteiger partial charge in [-0.3, -0.25) is 14.5 Å². The molecule has 5 rings (SSSR count). The maximum atomic E-state index is 11.9. The minimum Gasteiger partial charge on any atom is -0.328 e. The first-order valence-electron chi connectivity index (χ1n) is 10.3. The predicted octanol–water partition coefficient (Wildman–Crippen LogP) is 2.34. The van der Waals surface area contributed by atoms with Gasteiger partial charge < -0.3 is 4.98 Å². The summed E-state index contributed by atoms with van der Waals surface area (Å²) >= 11 is 0. The highest BCUT2D eigenvalue weighted by atomic mass is 32.2. The second kappa shape index (κ2) is 7.65. The van der Waals surface area contributed by atoms with Crippen LogP contribution in [0.4, 0.5) is 0 Å². The van der Waals surface area contributed by atoms with Gasteiger partial charge in [-0.15, -0.1) is 0 Å². The summed E-state index contributed by atoms with van der Waals surface area (Å²) in [4.78, 5) is 18.7. The van der Waals surface area contributed by atoms with Crippen molar-refractivity contribution in [2.45, 2.75) is 12.0 Å². The Bertz CT molecular complexity index is 1560. The van der Waals surface area contributed by atoms with Crippen LogP contribution in [0.1, 0.15) is 6.42 Å². The van der Waals surface area contributed by atoms with E-state index in [9.17, 15) is 18.5 Å². The minimum absolute atomic E-state index is 0.153. The lowest BCUT2D eigenvalue weighted by atomic mass is 9.89. The topological polar surface area (TPSA) is 125 Å². The second-order valence-electron chi connectivity index (χ2n) is 8.27. The van der Waals surface area contributed by atoms with E-state index in [1.807, 2.05) is 30.3 Å². The van der Waals surface area contributed by atoms with Gasteiger partial charge in [0.05, 0.1) is 30.0 Å². The highest BCUT2D eigenvalue weighted by Crippen LogP contribution is 2.36. The molecule has 0 spiro atoms. The van der Waals surface area contributed by atoms with Crippen molar-refractivity contribution in [3.63, 3.8) is 0 Å². The van der Waals surface area contributed by atoms with E-state index in [2.05, 4.69) is 16.0 Å². The number of nitriles is 1. The van der Waals surface area contributed by atoms with Crippen molar-refractivity contribution in [1.82, 2.24) is 24.1 Å². The molecule has 1 N–H and O–H groups in total. The Kier molecular flexibility index (Phi) is 4.88. The van der Waals surface area contributed by atoms with E-state index in [4.69, 9.17) is 5.10 Å². The number of aromatic amines is 1. The number of pyridine rings is 2. The van der Waals surface area contributed by atoms with Gasteiger partial charge in [-0.1, -0.05) is 6.07 Å². The number of nitrogens with zero attached hydrogens (tertiary/aromatic N) is 5. The van der Waals surface area contributed by atoms with Crippen LogP contribution in [0.2, 0.25) is 0 Å². The van der Waals surface area contributed by atoms with Crippen molar-refractivity contribution in [3.05, 3.63) is 71.4 Å². The Hall–Kier alpha value is -3.81. The zero-order chi connectivity index (χ0) is 23.2. The standard InChI is InChI=1S/C23H20N6O3S/c1-33(31,32)28-14-23(15-28,7-8-24)29-10-6-20(27-29)19-11-17(16-4-5-22(30)26-13-16)12-21-18(19)3-2-9-25-21/h2-6,9-13H,7,14-15H2,1H3,(H,26,30). The Morgan fingerprint density at radius 2 is 2.00 bits per heavy atom. The fraction of sp³-hybridized carbons (Fsp3) is 0.217. The quantitative estimate of drug-likeness (QED) is 0.487. The highest BCUT2D eigenvalue weighted by molar-refractivity contribution is 7.88. The normalized spacial score (nSPS) is 15.8. The van der Waals surface area contributed by atoms with Gasteiger partial charge >= 0.3 is 0 Å². The third-order valence-corrected chi connectivity index (χ3v) is 7.20. The maximum Gasteiger partial charge on any atom is 0.247 e. The maximum absolute atomic E-state index is 11.9. The number of rotatable bonds is 5. The molecule has 0 amide bonds. The van der Waals surface area contributed by atoms with E-state index >= 15 is 0 Å². The molecule has 1 aliphatic rings. The molecule has 0 aliphatic carbocycles. The van der Waals surface area contributed by atoms with Crippen molar-refractivity contribution < 1.29 is 8.42 Å². The Morgan fingerprint density at radius 3 is 2.70 bits per heavy atom. The molecule has 33 heavy (non-hydrogen) atoms. The molecule has 1 fully saturated rings. The number of fused-ring (bicyclic) bond motifs is 1. The number of H-pyrrole nitrogens is 1. The summed E-state index contributed by atoms with van der Waals surface area (Å²) < 4.78 is 26.8. The van der Waals surface area contributed by atoms with E-state index in [1.165, 1.54) is 16.6 Å². The first-order chi connectivity index (χ1) is 15.8. The largest absolute Gasteiger partial charge is 0.328 e. The fourth-order valence-corrected chi connectivity index (χ4v) is 5.16. The average molecular weight is 461 g/mol. The molecule has 166 valence electrons. The lowest BCUT2D eigenvalue weighted by Crippen LogP contribution is -2.63. The number of benzene rings is 1. The molecule has 10 heteroatoms. The summed E-state index contributed by atoms with van der Waals surface area (Å²) in [6.07, 6.45) is 6.49. The van der Waals surface area contributed by atoms with Crippen LogP contribution < -0.4 is 5.56 Å². The summed E-state index contributed by atoms with van der Waals surface area (Å²) in [6.45, 7) is 0.417. The monoisotopic (exact) mass is 460 g/mol. The second-order valence-corrected chi connectivity index (χ2v) is 10.3. The van der Waals surface area contributed by atoms with E-state index in [-0.39, 0.29) is 25.1 Å². The molecule has 1 aromatic carbocycles. The summed E-state index contributed by atoms with van der Waals surface area (Å²) in [5, 5.41) is 15.1. The summed E-state index contributed by atoms with van der Waals surface area (Å²) in [7, 11) is -3.33. The van der Waals surface area contributed by atoms with Crippen LogP contribution in [0, 0.1) is 11.3 Å². The van der Waals surface area contributed by atoms with Crippen molar-refractivity contribution in [3.8, 4) is 28.5 Å². The van der Waals surface area contributed by atoms with Crippen LogP contribution >= 0.6 is 0 Å². The van der Waals surface area contributed by atoms with E-state index in [0.29, 0.717) is 5.69 Å². The van der Waals surface area contributed by atoms with Gasteiger partial charge in [-0.25, -0.2) is 8.42 Å². The summed E-state index contributed by atoms with van der Waals surface area (Å²) in [5.41, 5.74) is 3.17. The van der Waals surface area contributed by atoms with Gasteiger partial charge in [0, 0.05) is 48.7 Å². The number of nitrogens with one attached hydrogen (secondary N) is 1. The van der Waals surface area contributed by atoms with E-state index in [1.54, 1.807) is 29.3 Å². The molecule has 9 nitrogen and oxygen atoms in total. The van der Waals surface area contributed by atoms with Gasteiger partial charge in [0.25, 0.3) is 0 Å². The first kappa shape index (κ1) is 21.1. The molecular weight excluding hydrogens is 440 g/mol. The lowest BCUT2D eigenvalue weighted by molar-refractivity contribution is 0.0726. The zero-order valence-corrected chi connectivity index (χ0v) is 18.6. The number of sulfonamides is 1. The molecule has 0 atom stereocenters. The molecular formula is C23H20N6O3S.